The van der Waals surface area contributed by atoms with Crippen molar-refractivity contribution in [3.8, 4) is 5.75 Å². The van der Waals surface area contributed by atoms with Gasteiger partial charge in [-0.2, -0.15) is 0 Å². The highest BCUT2D eigenvalue weighted by Crippen LogP contribution is 2.32. The van der Waals surface area contributed by atoms with E-state index in [1.54, 1.807) is 24.1 Å². The normalized spacial score (nSPS) is 13.4. The van der Waals surface area contributed by atoms with E-state index in [2.05, 4.69) is 0 Å². The number of carbonyl (C=O) groups excluding carboxylic acids is 1. The first-order valence-electron chi connectivity index (χ1n) is 9.50. The molecule has 0 atom stereocenters. The van der Waals surface area contributed by atoms with E-state index in [0.717, 1.165) is 37.2 Å². The molecule has 2 aromatic carbocycles. The van der Waals surface area contributed by atoms with E-state index < -0.39 is 4.92 Å². The van der Waals surface area contributed by atoms with Crippen LogP contribution in [0.25, 0.3) is 0 Å². The quantitative estimate of drug-likeness (QED) is 0.536. The van der Waals surface area contributed by atoms with Gasteiger partial charge in [0.2, 0.25) is 0 Å². The van der Waals surface area contributed by atoms with Crippen LogP contribution < -0.4 is 9.64 Å². The highest BCUT2D eigenvalue weighted by Gasteiger charge is 2.24. The smallest absolute Gasteiger partial charge is 0.293 e. The fourth-order valence-corrected chi connectivity index (χ4v) is 3.45. The minimum Gasteiger partial charge on any atom is -0.494 e. The van der Waals surface area contributed by atoms with E-state index in [-0.39, 0.29) is 11.6 Å². The second-order valence-corrected chi connectivity index (χ2v) is 6.89. The SMILES string of the molecule is CCOc1ccc(CN(C)C(=O)c2ccc(N3CCCC3)c([N+](=O)[O-])c2)cc1. The van der Waals surface area contributed by atoms with Crippen molar-refractivity contribution in [3.63, 3.8) is 0 Å². The van der Waals surface area contributed by atoms with Crippen LogP contribution in [0.15, 0.2) is 42.5 Å². The molecule has 0 spiro atoms. The maximum atomic E-state index is 12.8. The first-order valence-corrected chi connectivity index (χ1v) is 9.50. The third-order valence-corrected chi connectivity index (χ3v) is 4.87. The number of anilines is 1. The lowest BCUT2D eigenvalue weighted by Crippen LogP contribution is -2.26. The molecular formula is C21H25N3O4. The van der Waals surface area contributed by atoms with Gasteiger partial charge in [-0.25, -0.2) is 0 Å². The Morgan fingerprint density at radius 3 is 2.46 bits per heavy atom. The number of nitro benzene ring substituents is 1. The zero-order valence-corrected chi connectivity index (χ0v) is 16.3. The van der Waals surface area contributed by atoms with Crippen molar-refractivity contribution in [3.05, 3.63) is 63.7 Å². The van der Waals surface area contributed by atoms with Gasteiger partial charge in [0, 0.05) is 38.3 Å². The van der Waals surface area contributed by atoms with Crippen LogP contribution in [-0.2, 0) is 6.54 Å². The Kier molecular flexibility index (Phi) is 6.13. The van der Waals surface area contributed by atoms with Crippen LogP contribution in [0, 0.1) is 10.1 Å². The monoisotopic (exact) mass is 383 g/mol. The summed E-state index contributed by atoms with van der Waals surface area (Å²) in [6, 6.07) is 12.3. The lowest BCUT2D eigenvalue weighted by atomic mass is 10.1. The molecule has 2 aromatic rings. The summed E-state index contributed by atoms with van der Waals surface area (Å²) >= 11 is 0. The van der Waals surface area contributed by atoms with Gasteiger partial charge in [0.1, 0.15) is 11.4 Å². The lowest BCUT2D eigenvalue weighted by molar-refractivity contribution is -0.384. The highest BCUT2D eigenvalue weighted by molar-refractivity contribution is 5.95. The molecule has 0 saturated carbocycles. The van der Waals surface area contributed by atoms with Crippen LogP contribution in [0.2, 0.25) is 0 Å². The van der Waals surface area contributed by atoms with Gasteiger partial charge >= 0.3 is 0 Å². The lowest BCUT2D eigenvalue weighted by Gasteiger charge is -2.20. The second-order valence-electron chi connectivity index (χ2n) is 6.89. The van der Waals surface area contributed by atoms with E-state index >= 15 is 0 Å². The molecule has 0 N–H and O–H groups in total. The fourth-order valence-electron chi connectivity index (χ4n) is 3.45. The molecule has 1 fully saturated rings. The van der Waals surface area contributed by atoms with Crippen LogP contribution in [0.4, 0.5) is 11.4 Å². The topological polar surface area (TPSA) is 75.9 Å². The maximum absolute atomic E-state index is 12.8. The van der Waals surface area contributed by atoms with Gasteiger partial charge in [0.25, 0.3) is 11.6 Å². The first-order chi connectivity index (χ1) is 13.5. The summed E-state index contributed by atoms with van der Waals surface area (Å²) in [7, 11) is 1.69. The molecule has 7 nitrogen and oxygen atoms in total. The Morgan fingerprint density at radius 2 is 1.86 bits per heavy atom. The predicted octanol–water partition coefficient (Wildman–Crippen LogP) is 3.87. The maximum Gasteiger partial charge on any atom is 0.293 e. The third kappa shape index (κ3) is 4.42. The van der Waals surface area contributed by atoms with E-state index in [4.69, 9.17) is 4.74 Å². The highest BCUT2D eigenvalue weighted by atomic mass is 16.6. The van der Waals surface area contributed by atoms with Crippen LogP contribution in [-0.4, -0.2) is 42.5 Å². The summed E-state index contributed by atoms with van der Waals surface area (Å²) in [6.07, 6.45) is 2.06. The van der Waals surface area contributed by atoms with E-state index in [1.165, 1.54) is 6.07 Å². The van der Waals surface area contributed by atoms with Gasteiger partial charge in [0.15, 0.2) is 0 Å². The Hall–Kier alpha value is -3.09. The van der Waals surface area contributed by atoms with Crippen molar-refractivity contribution in [1.82, 2.24) is 4.90 Å². The molecule has 0 unspecified atom stereocenters. The molecule has 1 heterocycles. The number of hydrogen-bond acceptors (Lipinski definition) is 5. The van der Waals surface area contributed by atoms with Crippen molar-refractivity contribution in [2.75, 3.05) is 31.6 Å². The molecule has 3 rings (SSSR count). The third-order valence-electron chi connectivity index (χ3n) is 4.87. The Labute approximate surface area is 164 Å². The number of nitro groups is 1. The standard InChI is InChI=1S/C21H25N3O4/c1-3-28-18-9-6-16(7-10-18)15-22(2)21(25)17-8-11-19(20(14-17)24(26)27)23-12-4-5-13-23/h6-11,14H,3-5,12-13,15H2,1-2H3. The van der Waals surface area contributed by atoms with Gasteiger partial charge < -0.3 is 14.5 Å². The second kappa shape index (κ2) is 8.73. The van der Waals surface area contributed by atoms with Crippen LogP contribution in [0.5, 0.6) is 5.75 Å². The molecule has 0 aromatic heterocycles. The molecule has 0 radical (unpaired) electrons. The van der Waals surface area contributed by atoms with E-state index in [1.807, 2.05) is 36.1 Å². The predicted molar refractivity (Wildman–Crippen MR) is 108 cm³/mol. The summed E-state index contributed by atoms with van der Waals surface area (Å²) in [6.45, 7) is 4.56. The molecular weight excluding hydrogens is 358 g/mol. The number of rotatable bonds is 7. The van der Waals surface area contributed by atoms with Gasteiger partial charge in [0.05, 0.1) is 11.5 Å². The summed E-state index contributed by atoms with van der Waals surface area (Å²) in [5.74, 6) is 0.540. The van der Waals surface area contributed by atoms with Crippen LogP contribution in [0.1, 0.15) is 35.7 Å². The Bertz CT molecular complexity index is 845. The van der Waals surface area contributed by atoms with Gasteiger partial charge in [-0.3, -0.25) is 14.9 Å². The molecule has 1 aliphatic heterocycles. The van der Waals surface area contributed by atoms with Gasteiger partial charge in [-0.05, 0) is 49.6 Å². The number of hydrogen-bond donors (Lipinski definition) is 0. The van der Waals surface area contributed by atoms with E-state index in [9.17, 15) is 14.9 Å². The minimum absolute atomic E-state index is 0.0118. The minimum atomic E-state index is -0.406. The van der Waals surface area contributed by atoms with Gasteiger partial charge in [-0.1, -0.05) is 12.1 Å². The van der Waals surface area contributed by atoms with Crippen LogP contribution in [0.3, 0.4) is 0 Å². The summed E-state index contributed by atoms with van der Waals surface area (Å²) in [4.78, 5) is 27.5. The molecule has 1 amide bonds. The average Bonchev–Trinajstić information content (AvgIpc) is 3.23. The molecule has 148 valence electrons. The molecule has 7 heteroatoms. The zero-order valence-electron chi connectivity index (χ0n) is 16.3. The largest absolute Gasteiger partial charge is 0.494 e. The van der Waals surface area contributed by atoms with Crippen molar-refractivity contribution >= 4 is 17.3 Å². The van der Waals surface area contributed by atoms with Gasteiger partial charge in [-0.15, -0.1) is 0 Å². The fraction of sp³-hybridized carbons (Fsp3) is 0.381. The number of carbonyl (C=O) groups is 1. The van der Waals surface area contributed by atoms with Crippen molar-refractivity contribution in [1.29, 1.82) is 0 Å². The summed E-state index contributed by atoms with van der Waals surface area (Å²) < 4.78 is 5.42. The Morgan fingerprint density at radius 1 is 1.18 bits per heavy atom. The zero-order chi connectivity index (χ0) is 20.1. The molecule has 0 bridgehead atoms. The number of amides is 1. The number of benzene rings is 2. The average molecular weight is 383 g/mol. The van der Waals surface area contributed by atoms with E-state index in [0.29, 0.717) is 24.4 Å². The molecule has 0 aliphatic carbocycles. The number of ether oxygens (including phenoxy) is 1. The summed E-state index contributed by atoms with van der Waals surface area (Å²) in [5.41, 5.74) is 1.86. The number of nitrogens with zero attached hydrogens (tertiary/aromatic N) is 3. The van der Waals surface area contributed by atoms with Crippen molar-refractivity contribution in [2.24, 2.45) is 0 Å². The summed E-state index contributed by atoms with van der Waals surface area (Å²) in [5, 5.41) is 11.5. The molecule has 1 aliphatic rings. The van der Waals surface area contributed by atoms with Crippen LogP contribution >= 0.6 is 0 Å². The van der Waals surface area contributed by atoms with Crippen molar-refractivity contribution in [2.45, 2.75) is 26.3 Å². The Balaban J connectivity index is 1.75. The molecule has 28 heavy (non-hydrogen) atoms. The molecule has 1 saturated heterocycles. The van der Waals surface area contributed by atoms with Crippen molar-refractivity contribution < 1.29 is 14.5 Å². The first kappa shape index (κ1) is 19.7.